The lowest BCUT2D eigenvalue weighted by Gasteiger charge is -2.10. The quantitative estimate of drug-likeness (QED) is 0.172. The molecular formula is C49H29N5. The topological polar surface area (TPSA) is 64.5 Å². The van der Waals surface area contributed by atoms with Crippen LogP contribution in [0.1, 0.15) is 0 Å². The lowest BCUT2D eigenvalue weighted by atomic mass is 9.99. The van der Waals surface area contributed by atoms with Crippen molar-refractivity contribution in [2.24, 2.45) is 0 Å². The molecular weight excluding hydrogens is 659 g/mol. The van der Waals surface area contributed by atoms with Crippen molar-refractivity contribution in [2.45, 2.75) is 0 Å². The second kappa shape index (κ2) is 12.1. The summed E-state index contributed by atoms with van der Waals surface area (Å²) in [6, 6.07) is 57.4. The number of rotatable bonds is 4. The van der Waals surface area contributed by atoms with Crippen LogP contribution in [0.2, 0.25) is 0 Å². The van der Waals surface area contributed by atoms with E-state index in [4.69, 9.17) is 19.9 Å². The van der Waals surface area contributed by atoms with Crippen molar-refractivity contribution in [3.8, 4) is 45.0 Å². The van der Waals surface area contributed by atoms with E-state index >= 15 is 0 Å². The number of benzene rings is 6. The zero-order valence-corrected chi connectivity index (χ0v) is 29.0. The van der Waals surface area contributed by atoms with Gasteiger partial charge in [-0.1, -0.05) is 109 Å². The molecule has 0 aliphatic rings. The monoisotopic (exact) mass is 687 g/mol. The first-order valence-corrected chi connectivity index (χ1v) is 18.0. The highest BCUT2D eigenvalue weighted by Gasteiger charge is 2.11. The van der Waals surface area contributed by atoms with E-state index in [1.165, 1.54) is 0 Å². The van der Waals surface area contributed by atoms with Crippen molar-refractivity contribution < 1.29 is 0 Å². The van der Waals surface area contributed by atoms with Gasteiger partial charge in [0.25, 0.3) is 0 Å². The normalized spacial score (nSPS) is 11.7. The van der Waals surface area contributed by atoms with Gasteiger partial charge in [0.05, 0.1) is 44.8 Å². The SMILES string of the molecule is c1ccc2cc(-c3ccc4ccc(-c5ccc6ccc(-c7ccc8cc(-c9ccc%10ccc%11cccnc%11c%10n9)ccc8c7)nc6c5)cc4n3)ncc2c1. The zero-order valence-electron chi connectivity index (χ0n) is 29.0. The van der Waals surface area contributed by atoms with Crippen molar-refractivity contribution in [3.05, 3.63) is 176 Å². The Labute approximate surface area is 310 Å². The van der Waals surface area contributed by atoms with Gasteiger partial charge in [0, 0.05) is 50.5 Å². The third-order valence-electron chi connectivity index (χ3n) is 10.5. The molecule has 0 amide bonds. The van der Waals surface area contributed by atoms with E-state index in [0.29, 0.717) is 0 Å². The minimum absolute atomic E-state index is 0.860. The van der Waals surface area contributed by atoms with Crippen LogP contribution in [0.3, 0.4) is 0 Å². The van der Waals surface area contributed by atoms with E-state index < -0.39 is 0 Å². The summed E-state index contributed by atoms with van der Waals surface area (Å²) in [6.45, 7) is 0. The maximum absolute atomic E-state index is 5.16. The fraction of sp³-hybridized carbons (Fsp3) is 0. The molecule has 0 aliphatic carbocycles. The molecule has 250 valence electrons. The molecule has 0 unspecified atom stereocenters. The van der Waals surface area contributed by atoms with Gasteiger partial charge < -0.3 is 0 Å². The third kappa shape index (κ3) is 5.22. The lowest BCUT2D eigenvalue weighted by molar-refractivity contribution is 1.29. The Morgan fingerprint density at radius 3 is 1.50 bits per heavy atom. The number of fused-ring (bicyclic) bond motifs is 7. The zero-order chi connectivity index (χ0) is 35.6. The van der Waals surface area contributed by atoms with Crippen LogP contribution in [-0.2, 0) is 0 Å². The summed E-state index contributed by atoms with van der Waals surface area (Å²) in [7, 11) is 0. The second-order valence-corrected chi connectivity index (χ2v) is 13.8. The summed E-state index contributed by atoms with van der Waals surface area (Å²) in [4.78, 5) is 24.6. The van der Waals surface area contributed by atoms with Crippen LogP contribution in [0, 0.1) is 0 Å². The minimum Gasteiger partial charge on any atom is -0.254 e. The highest BCUT2D eigenvalue weighted by molar-refractivity contribution is 6.03. The summed E-state index contributed by atoms with van der Waals surface area (Å²) in [5.41, 5.74) is 11.7. The molecule has 5 heterocycles. The summed E-state index contributed by atoms with van der Waals surface area (Å²) in [5, 5.41) is 8.95. The third-order valence-corrected chi connectivity index (χ3v) is 10.5. The lowest BCUT2D eigenvalue weighted by Crippen LogP contribution is -1.90. The molecule has 0 saturated carbocycles. The predicted octanol–water partition coefficient (Wildman–Crippen LogP) is 12.2. The first kappa shape index (κ1) is 30.3. The summed E-state index contributed by atoms with van der Waals surface area (Å²) < 4.78 is 0. The van der Waals surface area contributed by atoms with Gasteiger partial charge in [0.1, 0.15) is 0 Å². The maximum atomic E-state index is 5.16. The van der Waals surface area contributed by atoms with Crippen molar-refractivity contribution in [1.29, 1.82) is 0 Å². The highest BCUT2D eigenvalue weighted by Crippen LogP contribution is 2.33. The molecule has 0 aliphatic heterocycles. The number of nitrogens with zero attached hydrogens (tertiary/aromatic N) is 5. The molecule has 5 aromatic heterocycles. The fourth-order valence-corrected chi connectivity index (χ4v) is 7.57. The molecule has 0 bridgehead atoms. The molecule has 0 fully saturated rings. The van der Waals surface area contributed by atoms with Crippen LogP contribution in [0.25, 0.3) is 110 Å². The Kier molecular flexibility index (Phi) is 6.79. The van der Waals surface area contributed by atoms with Gasteiger partial charge in [-0.25, -0.2) is 15.0 Å². The Morgan fingerprint density at radius 1 is 0.278 bits per heavy atom. The molecule has 11 rings (SSSR count). The van der Waals surface area contributed by atoms with Crippen LogP contribution in [0.4, 0.5) is 0 Å². The largest absolute Gasteiger partial charge is 0.254 e. The maximum Gasteiger partial charge on any atom is 0.0972 e. The van der Waals surface area contributed by atoms with Gasteiger partial charge in [-0.15, -0.1) is 0 Å². The van der Waals surface area contributed by atoms with Crippen LogP contribution < -0.4 is 0 Å². The standard InChI is InChI=1S/C49H29N5/c1-2-5-41-29-51-47(28-34(41)4-1)44-22-18-31-8-12-38(27-46(31)53-44)37-11-7-30-17-20-42(52-45(30)26-37)39-15-13-36-25-40(16-14-35(36)24-39)43-21-19-33-10-9-32-6-3-23-50-48(32)49(33)54-43/h1-29H. The molecule has 5 heteroatoms. The Balaban J connectivity index is 0.911. The Morgan fingerprint density at radius 2 is 0.778 bits per heavy atom. The smallest absolute Gasteiger partial charge is 0.0972 e. The van der Waals surface area contributed by atoms with Gasteiger partial charge >= 0.3 is 0 Å². The first-order valence-electron chi connectivity index (χ1n) is 18.0. The molecule has 0 N–H and O–H groups in total. The Bertz CT molecular complexity index is 3300. The van der Waals surface area contributed by atoms with E-state index in [9.17, 15) is 0 Å². The van der Waals surface area contributed by atoms with Gasteiger partial charge in [-0.3, -0.25) is 9.97 Å². The fourth-order valence-electron chi connectivity index (χ4n) is 7.57. The first-order chi connectivity index (χ1) is 26.7. The highest BCUT2D eigenvalue weighted by atomic mass is 14.8. The Hall–Kier alpha value is -7.37. The van der Waals surface area contributed by atoms with Crippen LogP contribution in [-0.4, -0.2) is 24.9 Å². The van der Waals surface area contributed by atoms with Gasteiger partial charge in [0.15, 0.2) is 0 Å². The van der Waals surface area contributed by atoms with Crippen molar-refractivity contribution >= 4 is 65.2 Å². The van der Waals surface area contributed by atoms with E-state index in [2.05, 4.69) is 151 Å². The molecule has 5 nitrogen and oxygen atoms in total. The van der Waals surface area contributed by atoms with Crippen molar-refractivity contribution in [3.63, 3.8) is 0 Å². The predicted molar refractivity (Wildman–Crippen MR) is 222 cm³/mol. The van der Waals surface area contributed by atoms with E-state index in [-0.39, 0.29) is 0 Å². The number of aromatic nitrogens is 5. The number of hydrogen-bond donors (Lipinski definition) is 0. The van der Waals surface area contributed by atoms with Gasteiger partial charge in [0.2, 0.25) is 0 Å². The molecule has 6 aromatic carbocycles. The summed E-state index contributed by atoms with van der Waals surface area (Å²) in [6.07, 6.45) is 3.75. The van der Waals surface area contributed by atoms with Crippen LogP contribution >= 0.6 is 0 Å². The molecule has 0 atom stereocenters. The van der Waals surface area contributed by atoms with Crippen molar-refractivity contribution in [2.75, 3.05) is 0 Å². The van der Waals surface area contributed by atoms with E-state index in [1.54, 1.807) is 0 Å². The van der Waals surface area contributed by atoms with Crippen LogP contribution in [0.15, 0.2) is 176 Å². The summed E-state index contributed by atoms with van der Waals surface area (Å²) >= 11 is 0. The van der Waals surface area contributed by atoms with Crippen molar-refractivity contribution in [1.82, 2.24) is 24.9 Å². The average molecular weight is 688 g/mol. The molecule has 0 radical (unpaired) electrons. The molecule has 11 aromatic rings. The molecule has 0 spiro atoms. The summed E-state index contributed by atoms with van der Waals surface area (Å²) in [5.74, 6) is 0. The van der Waals surface area contributed by atoms with Crippen LogP contribution in [0.5, 0.6) is 0 Å². The second-order valence-electron chi connectivity index (χ2n) is 13.8. The minimum atomic E-state index is 0.860. The van der Waals surface area contributed by atoms with E-state index in [0.717, 1.165) is 110 Å². The number of hydrogen-bond acceptors (Lipinski definition) is 5. The molecule has 54 heavy (non-hydrogen) atoms. The average Bonchev–Trinajstić information content (AvgIpc) is 3.24. The molecule has 0 saturated heterocycles. The van der Waals surface area contributed by atoms with Gasteiger partial charge in [-0.2, -0.15) is 0 Å². The van der Waals surface area contributed by atoms with E-state index in [1.807, 2.05) is 30.6 Å². The number of pyridine rings is 5. The van der Waals surface area contributed by atoms with Gasteiger partial charge in [-0.05, 0) is 81.9 Å².